The van der Waals surface area contributed by atoms with Crippen LogP contribution < -0.4 is 0 Å². The number of sulfonamides is 1. The van der Waals surface area contributed by atoms with Crippen LogP contribution in [0.4, 0.5) is 5.69 Å². The summed E-state index contributed by atoms with van der Waals surface area (Å²) in [7, 11) is -0.561. The summed E-state index contributed by atoms with van der Waals surface area (Å²) in [5.74, 6) is -0.0969. The molecule has 29 heavy (non-hydrogen) atoms. The molecule has 1 heterocycles. The SMILES string of the molecule is CCc1ccc(C(=O)N2CC(C)SC2=Nc2cccc(S(=O)(=O)N(C)C)c2)cc1. The van der Waals surface area contributed by atoms with E-state index in [0.29, 0.717) is 23.0 Å². The van der Waals surface area contributed by atoms with Crippen LogP contribution in [0.3, 0.4) is 0 Å². The number of carbonyl (C=O) groups is 1. The molecule has 1 saturated heterocycles. The summed E-state index contributed by atoms with van der Waals surface area (Å²) in [6.07, 6.45) is 0.921. The van der Waals surface area contributed by atoms with Crippen molar-refractivity contribution < 1.29 is 13.2 Å². The van der Waals surface area contributed by atoms with E-state index in [1.54, 1.807) is 23.1 Å². The summed E-state index contributed by atoms with van der Waals surface area (Å²) in [6.45, 7) is 4.68. The van der Waals surface area contributed by atoms with Crippen molar-refractivity contribution in [3.8, 4) is 0 Å². The van der Waals surface area contributed by atoms with Gasteiger partial charge in [-0.05, 0) is 42.3 Å². The van der Waals surface area contributed by atoms with E-state index in [9.17, 15) is 13.2 Å². The number of thioether (sulfide) groups is 1. The third kappa shape index (κ3) is 4.71. The number of amidine groups is 1. The fourth-order valence-electron chi connectivity index (χ4n) is 2.95. The van der Waals surface area contributed by atoms with Gasteiger partial charge in [0.15, 0.2) is 5.17 Å². The van der Waals surface area contributed by atoms with Crippen molar-refractivity contribution in [2.24, 2.45) is 4.99 Å². The van der Waals surface area contributed by atoms with Crippen LogP contribution in [-0.4, -0.2) is 54.6 Å². The first kappa shape index (κ1) is 21.5. The first-order valence-electron chi connectivity index (χ1n) is 9.41. The Balaban J connectivity index is 1.92. The number of aliphatic imine (C=N–C) groups is 1. The van der Waals surface area contributed by atoms with Gasteiger partial charge in [0.25, 0.3) is 5.91 Å². The molecule has 1 fully saturated rings. The van der Waals surface area contributed by atoms with Gasteiger partial charge in [0, 0.05) is 31.5 Å². The second kappa shape index (κ2) is 8.69. The molecule has 154 valence electrons. The highest BCUT2D eigenvalue weighted by molar-refractivity contribution is 8.14. The van der Waals surface area contributed by atoms with Crippen molar-refractivity contribution in [3.05, 3.63) is 59.7 Å². The lowest BCUT2D eigenvalue weighted by atomic mass is 10.1. The van der Waals surface area contributed by atoms with E-state index in [0.717, 1.165) is 6.42 Å². The summed E-state index contributed by atoms with van der Waals surface area (Å²) in [5, 5.41) is 0.794. The Morgan fingerprint density at radius 1 is 1.21 bits per heavy atom. The highest BCUT2D eigenvalue weighted by Gasteiger charge is 2.31. The molecule has 0 radical (unpaired) electrons. The molecular formula is C21H25N3O3S2. The molecule has 0 saturated carbocycles. The largest absolute Gasteiger partial charge is 0.286 e. The van der Waals surface area contributed by atoms with Crippen LogP contribution in [-0.2, 0) is 16.4 Å². The molecule has 1 amide bonds. The maximum Gasteiger partial charge on any atom is 0.259 e. The topological polar surface area (TPSA) is 70.0 Å². The van der Waals surface area contributed by atoms with Crippen molar-refractivity contribution in [1.29, 1.82) is 0 Å². The molecule has 8 heteroatoms. The van der Waals surface area contributed by atoms with Gasteiger partial charge in [0.05, 0.1) is 10.6 Å². The van der Waals surface area contributed by atoms with Gasteiger partial charge < -0.3 is 0 Å². The number of carbonyl (C=O) groups excluding carboxylic acids is 1. The van der Waals surface area contributed by atoms with Crippen LogP contribution in [0.15, 0.2) is 58.4 Å². The van der Waals surface area contributed by atoms with Gasteiger partial charge in [-0.25, -0.2) is 17.7 Å². The average Bonchev–Trinajstić information content (AvgIpc) is 3.07. The Morgan fingerprint density at radius 3 is 2.52 bits per heavy atom. The molecule has 0 spiro atoms. The zero-order chi connectivity index (χ0) is 21.2. The minimum absolute atomic E-state index is 0.0969. The first-order chi connectivity index (χ1) is 13.7. The van der Waals surface area contributed by atoms with Gasteiger partial charge in [-0.3, -0.25) is 9.69 Å². The van der Waals surface area contributed by atoms with E-state index in [4.69, 9.17) is 0 Å². The first-order valence-corrected chi connectivity index (χ1v) is 11.7. The lowest BCUT2D eigenvalue weighted by molar-refractivity contribution is 0.0855. The van der Waals surface area contributed by atoms with Crippen LogP contribution in [0, 0.1) is 0 Å². The van der Waals surface area contributed by atoms with Gasteiger partial charge in [0.1, 0.15) is 0 Å². The molecule has 2 aromatic rings. The van der Waals surface area contributed by atoms with Crippen molar-refractivity contribution in [2.45, 2.75) is 30.4 Å². The average molecular weight is 432 g/mol. The van der Waals surface area contributed by atoms with Crippen LogP contribution in [0.1, 0.15) is 29.8 Å². The predicted octanol–water partition coefficient (Wildman–Crippen LogP) is 3.76. The lowest BCUT2D eigenvalue weighted by Gasteiger charge is -2.16. The van der Waals surface area contributed by atoms with Crippen LogP contribution in [0.25, 0.3) is 0 Å². The summed E-state index contributed by atoms with van der Waals surface area (Å²) < 4.78 is 26.0. The molecule has 0 N–H and O–H groups in total. The van der Waals surface area contributed by atoms with E-state index in [1.165, 1.54) is 41.8 Å². The van der Waals surface area contributed by atoms with E-state index in [-0.39, 0.29) is 16.1 Å². The summed E-state index contributed by atoms with van der Waals surface area (Å²) in [4.78, 5) is 19.5. The standard InChI is InChI=1S/C21H25N3O3S2/c1-5-16-9-11-17(12-10-16)20(25)24-14-15(2)28-21(24)22-18-7-6-8-19(13-18)29(26,27)23(3)4/h6-13,15H,5,14H2,1-4H3. The third-order valence-corrected chi connectivity index (χ3v) is 7.54. The molecule has 1 atom stereocenters. The maximum absolute atomic E-state index is 13.0. The third-order valence-electron chi connectivity index (χ3n) is 4.65. The van der Waals surface area contributed by atoms with Crippen LogP contribution >= 0.6 is 11.8 Å². The number of hydrogen-bond donors (Lipinski definition) is 0. The van der Waals surface area contributed by atoms with Crippen molar-refractivity contribution >= 4 is 38.5 Å². The maximum atomic E-state index is 13.0. The zero-order valence-electron chi connectivity index (χ0n) is 17.0. The van der Waals surface area contributed by atoms with Gasteiger partial charge in [-0.15, -0.1) is 0 Å². The zero-order valence-corrected chi connectivity index (χ0v) is 18.6. The molecule has 6 nitrogen and oxygen atoms in total. The van der Waals surface area contributed by atoms with Gasteiger partial charge in [-0.2, -0.15) is 0 Å². The van der Waals surface area contributed by atoms with Gasteiger partial charge >= 0.3 is 0 Å². The van der Waals surface area contributed by atoms with Crippen molar-refractivity contribution in [1.82, 2.24) is 9.21 Å². The molecule has 1 aliphatic rings. The van der Waals surface area contributed by atoms with Gasteiger partial charge in [0.2, 0.25) is 10.0 Å². The van der Waals surface area contributed by atoms with E-state index in [2.05, 4.69) is 11.9 Å². The van der Waals surface area contributed by atoms with Crippen LogP contribution in [0.2, 0.25) is 0 Å². The summed E-state index contributed by atoms with van der Waals surface area (Å²) in [6, 6.07) is 14.1. The lowest BCUT2D eigenvalue weighted by Crippen LogP contribution is -2.32. The van der Waals surface area contributed by atoms with Crippen LogP contribution in [0.5, 0.6) is 0 Å². The number of nitrogens with zero attached hydrogens (tertiary/aromatic N) is 3. The highest BCUT2D eigenvalue weighted by atomic mass is 32.2. The minimum Gasteiger partial charge on any atom is -0.286 e. The smallest absolute Gasteiger partial charge is 0.259 e. The number of amides is 1. The number of hydrogen-bond acceptors (Lipinski definition) is 5. The molecule has 2 aromatic carbocycles. The van der Waals surface area contributed by atoms with E-state index >= 15 is 0 Å². The fourth-order valence-corrected chi connectivity index (χ4v) is 4.91. The number of aryl methyl sites for hydroxylation is 1. The quantitative estimate of drug-likeness (QED) is 0.723. The Labute approximate surface area is 176 Å². The molecule has 0 aromatic heterocycles. The fraction of sp³-hybridized carbons (Fsp3) is 0.333. The molecule has 3 rings (SSSR count). The van der Waals surface area contributed by atoms with Crippen molar-refractivity contribution in [3.63, 3.8) is 0 Å². The van der Waals surface area contributed by atoms with Gasteiger partial charge in [-0.1, -0.05) is 43.8 Å². The monoisotopic (exact) mass is 431 g/mol. The van der Waals surface area contributed by atoms with Crippen molar-refractivity contribution in [2.75, 3.05) is 20.6 Å². The summed E-state index contributed by atoms with van der Waals surface area (Å²) in [5.41, 5.74) is 2.30. The molecule has 0 aliphatic carbocycles. The Bertz CT molecular complexity index is 1030. The van der Waals surface area contributed by atoms with E-state index in [1.807, 2.05) is 31.2 Å². The molecular weight excluding hydrogens is 406 g/mol. The number of benzene rings is 2. The summed E-state index contributed by atoms with van der Waals surface area (Å²) >= 11 is 1.51. The molecule has 1 aliphatic heterocycles. The molecule has 0 bridgehead atoms. The Kier molecular flexibility index (Phi) is 6.45. The van der Waals surface area contributed by atoms with E-state index < -0.39 is 10.0 Å². The normalized spacial score (nSPS) is 18.6. The highest BCUT2D eigenvalue weighted by Crippen LogP contribution is 2.30. The second-order valence-corrected chi connectivity index (χ2v) is 10.6. The predicted molar refractivity (Wildman–Crippen MR) is 118 cm³/mol. The Hall–Kier alpha value is -2.16. The number of rotatable bonds is 5. The minimum atomic E-state index is -3.55. The Morgan fingerprint density at radius 2 is 1.90 bits per heavy atom. The molecule has 1 unspecified atom stereocenters. The second-order valence-electron chi connectivity index (χ2n) is 7.07.